The van der Waals surface area contributed by atoms with Crippen molar-refractivity contribution in [3.63, 3.8) is 0 Å². The third-order valence-electron chi connectivity index (χ3n) is 3.32. The van der Waals surface area contributed by atoms with E-state index in [0.29, 0.717) is 25.2 Å². The van der Waals surface area contributed by atoms with Crippen molar-refractivity contribution in [1.82, 2.24) is 10.6 Å². The fourth-order valence-corrected chi connectivity index (χ4v) is 2.14. The minimum absolute atomic E-state index is 0. The highest BCUT2D eigenvalue weighted by Crippen LogP contribution is 2.30. The number of amides is 1. The van der Waals surface area contributed by atoms with Gasteiger partial charge in [0.25, 0.3) is 5.91 Å². The lowest BCUT2D eigenvalue weighted by Gasteiger charge is -2.14. The summed E-state index contributed by atoms with van der Waals surface area (Å²) < 4.78 is 50.9. The molecule has 0 aliphatic carbocycles. The fourth-order valence-electron chi connectivity index (χ4n) is 2.14. The Morgan fingerprint density at radius 3 is 2.55 bits per heavy atom. The zero-order chi connectivity index (χ0) is 15.6. The molecule has 1 heterocycles. The summed E-state index contributed by atoms with van der Waals surface area (Å²) in [7, 11) is 0. The molecule has 1 aliphatic rings. The van der Waals surface area contributed by atoms with Crippen molar-refractivity contribution < 1.29 is 27.5 Å². The summed E-state index contributed by atoms with van der Waals surface area (Å²) in [4.78, 5) is 11.8. The zero-order valence-electron chi connectivity index (χ0n) is 11.3. The summed E-state index contributed by atoms with van der Waals surface area (Å²) in [5.74, 6) is -2.15. The van der Waals surface area contributed by atoms with Crippen LogP contribution in [0.5, 0.6) is 0 Å². The summed E-state index contributed by atoms with van der Waals surface area (Å²) in [6.45, 7) is 1.00. The molecule has 1 fully saturated rings. The van der Waals surface area contributed by atoms with E-state index in [1.165, 1.54) is 0 Å². The molecule has 1 saturated heterocycles. The average Bonchev–Trinajstić information content (AvgIpc) is 2.79. The van der Waals surface area contributed by atoms with Crippen molar-refractivity contribution in [2.75, 3.05) is 19.6 Å². The van der Waals surface area contributed by atoms with E-state index in [-0.39, 0.29) is 24.9 Å². The Bertz CT molecular complexity index is 539. The van der Waals surface area contributed by atoms with Gasteiger partial charge in [0.1, 0.15) is 5.82 Å². The molecule has 0 spiro atoms. The number of rotatable bonds is 3. The van der Waals surface area contributed by atoms with Gasteiger partial charge in [0, 0.05) is 31.1 Å². The molecule has 9 heteroatoms. The fraction of sp³-hybridized carbons (Fsp3) is 0.462. The van der Waals surface area contributed by atoms with E-state index in [9.17, 15) is 27.5 Å². The third-order valence-corrected chi connectivity index (χ3v) is 3.32. The topological polar surface area (TPSA) is 61.4 Å². The molecule has 0 radical (unpaired) electrons. The van der Waals surface area contributed by atoms with Crippen LogP contribution in [0, 0.1) is 11.7 Å². The average molecular weight is 343 g/mol. The monoisotopic (exact) mass is 342 g/mol. The second-order valence-corrected chi connectivity index (χ2v) is 4.92. The molecule has 2 rings (SSSR count). The van der Waals surface area contributed by atoms with Gasteiger partial charge in [-0.05, 0) is 18.2 Å². The van der Waals surface area contributed by atoms with E-state index in [1.807, 2.05) is 0 Å². The first-order valence-electron chi connectivity index (χ1n) is 6.32. The van der Waals surface area contributed by atoms with Gasteiger partial charge in [-0.1, -0.05) is 0 Å². The largest absolute Gasteiger partial charge is 0.416 e. The summed E-state index contributed by atoms with van der Waals surface area (Å²) in [5, 5.41) is 14.9. The van der Waals surface area contributed by atoms with Crippen LogP contribution in [0.3, 0.4) is 0 Å². The predicted octanol–water partition coefficient (Wildman–Crippen LogP) is 1.58. The number of aliphatic hydroxyl groups is 1. The second kappa shape index (κ2) is 7.26. The summed E-state index contributed by atoms with van der Waals surface area (Å²) in [5.41, 5.74) is -1.61. The van der Waals surface area contributed by atoms with Gasteiger partial charge < -0.3 is 15.7 Å². The SMILES string of the molecule is Cl.O=C(NCC1CNCC1O)c1cc(F)cc(C(F)(F)F)c1. The van der Waals surface area contributed by atoms with Crippen molar-refractivity contribution in [3.8, 4) is 0 Å². The van der Waals surface area contributed by atoms with Gasteiger partial charge >= 0.3 is 6.18 Å². The molecule has 1 aromatic rings. The molecule has 1 aromatic carbocycles. The summed E-state index contributed by atoms with van der Waals surface area (Å²) in [6, 6.07) is 1.68. The van der Waals surface area contributed by atoms with Crippen LogP contribution in [-0.2, 0) is 6.18 Å². The highest BCUT2D eigenvalue weighted by molar-refractivity contribution is 5.94. The molecule has 4 nitrogen and oxygen atoms in total. The third kappa shape index (κ3) is 4.56. The van der Waals surface area contributed by atoms with Crippen LogP contribution in [0.25, 0.3) is 0 Å². The second-order valence-electron chi connectivity index (χ2n) is 4.92. The summed E-state index contributed by atoms with van der Waals surface area (Å²) >= 11 is 0. The number of alkyl halides is 3. The van der Waals surface area contributed by atoms with E-state index in [0.717, 1.165) is 6.07 Å². The number of β-amino-alcohol motifs (C(OH)–C–C–N with tert-alkyl or cyclic N) is 1. The Balaban J connectivity index is 0.00000242. The number of hydrogen-bond donors (Lipinski definition) is 3. The number of hydrogen-bond acceptors (Lipinski definition) is 3. The van der Waals surface area contributed by atoms with Crippen molar-refractivity contribution >= 4 is 18.3 Å². The molecular weight excluding hydrogens is 328 g/mol. The maximum absolute atomic E-state index is 13.2. The highest BCUT2D eigenvalue weighted by Gasteiger charge is 2.32. The van der Waals surface area contributed by atoms with Crippen molar-refractivity contribution in [2.45, 2.75) is 12.3 Å². The first kappa shape index (κ1) is 18.7. The Kier molecular flexibility index (Phi) is 6.16. The summed E-state index contributed by atoms with van der Waals surface area (Å²) in [6.07, 6.45) is -5.34. The maximum Gasteiger partial charge on any atom is 0.416 e. The van der Waals surface area contributed by atoms with Crippen molar-refractivity contribution in [2.24, 2.45) is 5.92 Å². The number of carbonyl (C=O) groups excluding carboxylic acids is 1. The Hall–Kier alpha value is -1.38. The normalized spacial score (nSPS) is 21.3. The van der Waals surface area contributed by atoms with Gasteiger partial charge in [0.2, 0.25) is 0 Å². The van der Waals surface area contributed by atoms with Crippen LogP contribution in [0.4, 0.5) is 17.6 Å². The Morgan fingerprint density at radius 1 is 1.32 bits per heavy atom. The smallest absolute Gasteiger partial charge is 0.391 e. The minimum Gasteiger partial charge on any atom is -0.391 e. The van der Waals surface area contributed by atoms with Crippen molar-refractivity contribution in [3.05, 3.63) is 35.1 Å². The molecule has 2 atom stereocenters. The molecule has 1 aliphatic heterocycles. The number of carbonyl (C=O) groups is 1. The highest BCUT2D eigenvalue weighted by atomic mass is 35.5. The van der Waals surface area contributed by atoms with Gasteiger partial charge in [-0.2, -0.15) is 13.2 Å². The maximum atomic E-state index is 13.2. The van der Waals surface area contributed by atoms with Gasteiger partial charge in [-0.15, -0.1) is 12.4 Å². The van der Waals surface area contributed by atoms with Crippen LogP contribution in [0.2, 0.25) is 0 Å². The minimum atomic E-state index is -4.72. The quantitative estimate of drug-likeness (QED) is 0.731. The molecule has 22 heavy (non-hydrogen) atoms. The zero-order valence-corrected chi connectivity index (χ0v) is 12.1. The predicted molar refractivity (Wildman–Crippen MR) is 73.3 cm³/mol. The van der Waals surface area contributed by atoms with E-state index in [4.69, 9.17) is 0 Å². The molecular formula is C13H15ClF4N2O2. The lowest BCUT2D eigenvalue weighted by molar-refractivity contribution is -0.137. The molecule has 2 unspecified atom stereocenters. The molecule has 0 aromatic heterocycles. The number of benzene rings is 1. The lowest BCUT2D eigenvalue weighted by Crippen LogP contribution is -2.34. The number of aliphatic hydroxyl groups excluding tert-OH is 1. The first-order chi connectivity index (χ1) is 9.77. The van der Waals surface area contributed by atoms with E-state index >= 15 is 0 Å². The van der Waals surface area contributed by atoms with E-state index < -0.39 is 35.1 Å². The standard InChI is InChI=1S/C13H14F4N2O2.ClH/c14-10-2-7(1-9(3-10)13(15,16)17)12(21)19-5-8-4-18-6-11(8)20;/h1-3,8,11,18,20H,4-6H2,(H,19,21);1H. The molecule has 3 N–H and O–H groups in total. The number of nitrogens with one attached hydrogen (secondary N) is 2. The van der Waals surface area contributed by atoms with Crippen LogP contribution in [-0.4, -0.2) is 36.8 Å². The molecule has 0 saturated carbocycles. The first-order valence-corrected chi connectivity index (χ1v) is 6.32. The van der Waals surface area contributed by atoms with Crippen LogP contribution in [0.1, 0.15) is 15.9 Å². The van der Waals surface area contributed by atoms with Gasteiger partial charge in [-0.3, -0.25) is 4.79 Å². The van der Waals surface area contributed by atoms with Crippen molar-refractivity contribution in [1.29, 1.82) is 0 Å². The molecule has 124 valence electrons. The van der Waals surface area contributed by atoms with Crippen LogP contribution in [0.15, 0.2) is 18.2 Å². The molecule has 1 amide bonds. The Morgan fingerprint density at radius 2 is 2.00 bits per heavy atom. The van der Waals surface area contributed by atoms with Gasteiger partial charge in [0.05, 0.1) is 11.7 Å². The van der Waals surface area contributed by atoms with Crippen LogP contribution < -0.4 is 10.6 Å². The van der Waals surface area contributed by atoms with E-state index in [1.54, 1.807) is 0 Å². The van der Waals surface area contributed by atoms with Crippen LogP contribution >= 0.6 is 12.4 Å². The lowest BCUT2D eigenvalue weighted by atomic mass is 10.1. The van der Waals surface area contributed by atoms with Gasteiger partial charge in [0.15, 0.2) is 0 Å². The number of halogens is 5. The van der Waals surface area contributed by atoms with Gasteiger partial charge in [-0.25, -0.2) is 4.39 Å². The van der Waals surface area contributed by atoms with E-state index in [2.05, 4.69) is 10.6 Å². The Labute approximate surface area is 130 Å². The molecule has 0 bridgehead atoms.